The molecule has 2 aromatic rings. The summed E-state index contributed by atoms with van der Waals surface area (Å²) >= 11 is 0. The van der Waals surface area contributed by atoms with Crippen molar-refractivity contribution in [3.05, 3.63) is 30.0 Å². The van der Waals surface area contributed by atoms with Crippen LogP contribution in [0.5, 0.6) is 0 Å². The number of piperidine rings is 1. The van der Waals surface area contributed by atoms with Crippen molar-refractivity contribution in [2.45, 2.75) is 18.8 Å². The van der Waals surface area contributed by atoms with E-state index in [0.717, 1.165) is 19.4 Å². The maximum Gasteiger partial charge on any atom is 0.329 e. The Balaban J connectivity index is 2.12. The molecule has 1 aliphatic heterocycles. The van der Waals surface area contributed by atoms with Crippen LogP contribution in [0.15, 0.2) is 24.3 Å². The standard InChI is InChI=1S/C18H20N4O3/c1-25-18(24)13(9-19)16-17(22-8-4-5-12(10-22)11-23)21-15-7-3-2-6-14(15)20-16/h2-3,6-7,12-13,23H,4-5,8,10-11H2,1H3. The fourth-order valence-electron chi connectivity index (χ4n) is 3.18. The first-order valence-corrected chi connectivity index (χ1v) is 8.27. The van der Waals surface area contributed by atoms with Crippen molar-refractivity contribution in [2.24, 2.45) is 5.92 Å². The quantitative estimate of drug-likeness (QED) is 0.844. The SMILES string of the molecule is COC(=O)C(C#N)c1nc2ccccc2nc1N1CCCC(CO)C1. The molecule has 1 aliphatic rings. The number of nitrogens with zero attached hydrogens (tertiary/aromatic N) is 4. The molecule has 3 rings (SSSR count). The minimum absolute atomic E-state index is 0.103. The molecule has 1 saturated heterocycles. The summed E-state index contributed by atoms with van der Waals surface area (Å²) in [7, 11) is 1.25. The molecule has 25 heavy (non-hydrogen) atoms. The number of ether oxygens (including phenoxy) is 1. The van der Waals surface area contributed by atoms with Crippen LogP contribution in [-0.2, 0) is 9.53 Å². The van der Waals surface area contributed by atoms with Gasteiger partial charge in [0.15, 0.2) is 11.7 Å². The van der Waals surface area contributed by atoms with Crippen LogP contribution >= 0.6 is 0 Å². The maximum atomic E-state index is 12.1. The van der Waals surface area contributed by atoms with Crippen LogP contribution in [-0.4, -0.2) is 47.8 Å². The normalized spacial score (nSPS) is 18.6. The summed E-state index contributed by atoms with van der Waals surface area (Å²) < 4.78 is 4.77. The van der Waals surface area contributed by atoms with E-state index in [4.69, 9.17) is 4.74 Å². The van der Waals surface area contributed by atoms with Crippen molar-refractivity contribution in [3.63, 3.8) is 0 Å². The topological polar surface area (TPSA) is 99.3 Å². The Bertz CT molecular complexity index is 818. The van der Waals surface area contributed by atoms with Crippen molar-refractivity contribution in [1.29, 1.82) is 5.26 Å². The van der Waals surface area contributed by atoms with Crippen molar-refractivity contribution in [2.75, 3.05) is 31.7 Å². The smallest absolute Gasteiger partial charge is 0.329 e. The highest BCUT2D eigenvalue weighted by atomic mass is 16.5. The van der Waals surface area contributed by atoms with Crippen molar-refractivity contribution in [3.8, 4) is 6.07 Å². The number of carbonyl (C=O) groups excluding carboxylic acids is 1. The molecule has 130 valence electrons. The molecular formula is C18H20N4O3. The van der Waals surface area contributed by atoms with Gasteiger partial charge in [-0.3, -0.25) is 4.79 Å². The van der Waals surface area contributed by atoms with Gasteiger partial charge in [0, 0.05) is 19.7 Å². The first-order valence-electron chi connectivity index (χ1n) is 8.27. The Morgan fingerprint density at radius 2 is 2.16 bits per heavy atom. The zero-order valence-electron chi connectivity index (χ0n) is 14.1. The fourth-order valence-corrected chi connectivity index (χ4v) is 3.18. The number of para-hydroxylation sites is 2. The first-order chi connectivity index (χ1) is 12.2. The van der Waals surface area contributed by atoms with Crippen LogP contribution in [0, 0.1) is 17.2 Å². The van der Waals surface area contributed by atoms with E-state index in [1.165, 1.54) is 7.11 Å². The van der Waals surface area contributed by atoms with Gasteiger partial charge in [0.25, 0.3) is 0 Å². The summed E-state index contributed by atoms with van der Waals surface area (Å²) in [6.45, 7) is 1.47. The van der Waals surface area contributed by atoms with E-state index in [1.54, 1.807) is 6.07 Å². The molecule has 0 radical (unpaired) electrons. The number of aromatic nitrogens is 2. The molecule has 0 spiro atoms. The van der Waals surface area contributed by atoms with E-state index in [2.05, 4.69) is 9.97 Å². The number of esters is 1. The lowest BCUT2D eigenvalue weighted by molar-refractivity contribution is -0.141. The largest absolute Gasteiger partial charge is 0.468 e. The summed E-state index contributed by atoms with van der Waals surface area (Å²) in [6, 6.07) is 9.34. The van der Waals surface area contributed by atoms with Gasteiger partial charge in [-0.15, -0.1) is 0 Å². The molecule has 1 aromatic carbocycles. The molecule has 7 heteroatoms. The number of aliphatic hydroxyl groups is 1. The first kappa shape index (κ1) is 17.1. The Labute approximate surface area is 145 Å². The highest BCUT2D eigenvalue weighted by Crippen LogP contribution is 2.30. The second-order valence-electron chi connectivity index (χ2n) is 6.14. The number of hydrogen-bond acceptors (Lipinski definition) is 7. The van der Waals surface area contributed by atoms with Gasteiger partial charge in [0.05, 0.1) is 24.2 Å². The lowest BCUT2D eigenvalue weighted by Gasteiger charge is -2.34. The van der Waals surface area contributed by atoms with Gasteiger partial charge in [0.1, 0.15) is 5.69 Å². The van der Waals surface area contributed by atoms with E-state index >= 15 is 0 Å². The van der Waals surface area contributed by atoms with E-state index in [-0.39, 0.29) is 12.5 Å². The van der Waals surface area contributed by atoms with Crippen LogP contribution < -0.4 is 4.90 Å². The average molecular weight is 340 g/mol. The van der Waals surface area contributed by atoms with Crippen molar-refractivity contribution in [1.82, 2.24) is 9.97 Å². The maximum absolute atomic E-state index is 12.1. The second-order valence-corrected chi connectivity index (χ2v) is 6.14. The third-order valence-electron chi connectivity index (χ3n) is 4.49. The fraction of sp³-hybridized carbons (Fsp3) is 0.444. The molecular weight excluding hydrogens is 320 g/mol. The van der Waals surface area contributed by atoms with Crippen LogP contribution in [0.4, 0.5) is 5.82 Å². The van der Waals surface area contributed by atoms with Crippen molar-refractivity contribution < 1.29 is 14.6 Å². The number of fused-ring (bicyclic) bond motifs is 1. The van der Waals surface area contributed by atoms with Gasteiger partial charge in [-0.2, -0.15) is 5.26 Å². The van der Waals surface area contributed by atoms with Gasteiger partial charge >= 0.3 is 5.97 Å². The number of carbonyl (C=O) groups is 1. The Kier molecular flexibility index (Phi) is 5.10. The number of methoxy groups -OCH3 is 1. The van der Waals surface area contributed by atoms with Gasteiger partial charge in [-0.1, -0.05) is 12.1 Å². The van der Waals surface area contributed by atoms with Gasteiger partial charge < -0.3 is 14.7 Å². The Morgan fingerprint density at radius 1 is 1.44 bits per heavy atom. The van der Waals surface area contributed by atoms with Gasteiger partial charge in [-0.05, 0) is 30.9 Å². The van der Waals surface area contributed by atoms with Crippen LogP contribution in [0.3, 0.4) is 0 Å². The summed E-state index contributed by atoms with van der Waals surface area (Å²) in [5.41, 5.74) is 1.64. The monoisotopic (exact) mass is 340 g/mol. The average Bonchev–Trinajstić information content (AvgIpc) is 2.67. The minimum atomic E-state index is -1.13. The third-order valence-corrected chi connectivity index (χ3v) is 4.49. The molecule has 2 heterocycles. The highest BCUT2D eigenvalue weighted by Gasteiger charge is 2.31. The summed E-state index contributed by atoms with van der Waals surface area (Å²) in [5.74, 6) is -1.11. The summed E-state index contributed by atoms with van der Waals surface area (Å²) in [5, 5.41) is 19.0. The minimum Gasteiger partial charge on any atom is -0.468 e. The lowest BCUT2D eigenvalue weighted by atomic mass is 9.98. The molecule has 0 bridgehead atoms. The van der Waals surface area contributed by atoms with E-state index in [0.29, 0.717) is 29.1 Å². The van der Waals surface area contributed by atoms with Gasteiger partial charge in [0.2, 0.25) is 0 Å². The summed E-state index contributed by atoms with van der Waals surface area (Å²) in [4.78, 5) is 23.3. The number of nitriles is 1. The number of rotatable bonds is 4. The summed E-state index contributed by atoms with van der Waals surface area (Å²) in [6.07, 6.45) is 1.86. The molecule has 0 amide bonds. The molecule has 1 aromatic heterocycles. The molecule has 1 fully saturated rings. The molecule has 0 aliphatic carbocycles. The number of benzene rings is 1. The Hall–Kier alpha value is -2.72. The van der Waals surface area contributed by atoms with Crippen molar-refractivity contribution >= 4 is 22.8 Å². The van der Waals surface area contributed by atoms with E-state index in [1.807, 2.05) is 29.2 Å². The van der Waals surface area contributed by atoms with E-state index < -0.39 is 11.9 Å². The predicted octanol–water partition coefficient (Wildman–Crippen LogP) is 1.62. The van der Waals surface area contributed by atoms with Gasteiger partial charge in [-0.25, -0.2) is 9.97 Å². The second kappa shape index (κ2) is 7.45. The van der Waals surface area contributed by atoms with Crippen LogP contribution in [0.25, 0.3) is 11.0 Å². The zero-order chi connectivity index (χ0) is 17.8. The Morgan fingerprint density at radius 3 is 2.80 bits per heavy atom. The molecule has 0 saturated carbocycles. The molecule has 1 N–H and O–H groups in total. The molecule has 2 unspecified atom stereocenters. The zero-order valence-corrected chi connectivity index (χ0v) is 14.1. The van der Waals surface area contributed by atoms with Crippen LogP contribution in [0.1, 0.15) is 24.5 Å². The number of aliphatic hydroxyl groups excluding tert-OH is 1. The third kappa shape index (κ3) is 3.39. The van der Waals surface area contributed by atoms with E-state index in [9.17, 15) is 15.2 Å². The lowest BCUT2D eigenvalue weighted by Crippen LogP contribution is -2.38. The predicted molar refractivity (Wildman–Crippen MR) is 91.9 cm³/mol. The number of hydrogen-bond donors (Lipinski definition) is 1. The molecule has 7 nitrogen and oxygen atoms in total. The number of anilines is 1. The highest BCUT2D eigenvalue weighted by molar-refractivity contribution is 5.85. The van der Waals surface area contributed by atoms with Crippen LogP contribution in [0.2, 0.25) is 0 Å². The molecule has 2 atom stereocenters.